The number of aryl methyl sites for hydroxylation is 2. The molecule has 5 heteroatoms. The van der Waals surface area contributed by atoms with E-state index in [1.165, 1.54) is 0 Å². The fraction of sp³-hybridized carbons (Fsp3) is 0.625. The van der Waals surface area contributed by atoms with Crippen molar-refractivity contribution in [2.24, 2.45) is 11.1 Å². The van der Waals surface area contributed by atoms with Gasteiger partial charge in [0.05, 0.1) is 11.0 Å². The maximum absolute atomic E-state index is 11.1. The summed E-state index contributed by atoms with van der Waals surface area (Å²) < 4.78 is 6.11. The summed E-state index contributed by atoms with van der Waals surface area (Å²) in [6, 6.07) is 3.51. The van der Waals surface area contributed by atoms with Crippen LogP contribution < -0.4 is 10.5 Å². The van der Waals surface area contributed by atoms with Crippen LogP contribution in [-0.4, -0.2) is 17.1 Å². The van der Waals surface area contributed by atoms with E-state index in [0.29, 0.717) is 11.3 Å². The molecule has 0 amide bonds. The average Bonchev–Trinajstić information content (AvgIpc) is 2.41. The average molecular weight is 292 g/mol. The Hall–Kier alpha value is -1.62. The lowest BCUT2D eigenvalue weighted by molar-refractivity contribution is -0.385. The lowest BCUT2D eigenvalue weighted by Crippen LogP contribution is -2.63. The van der Waals surface area contributed by atoms with Crippen LogP contribution in [0.3, 0.4) is 0 Å². The zero-order valence-electron chi connectivity index (χ0n) is 13.2. The number of benzene rings is 1. The molecular formula is C16H24N2O3. The summed E-state index contributed by atoms with van der Waals surface area (Å²) in [5.41, 5.74) is 7.87. The largest absolute Gasteiger partial charge is 0.489 e. The maximum atomic E-state index is 11.1. The van der Waals surface area contributed by atoms with Gasteiger partial charge < -0.3 is 10.5 Å². The van der Waals surface area contributed by atoms with Crippen molar-refractivity contribution in [2.45, 2.75) is 59.1 Å². The SMILES string of the molecule is CCC1(CC)C(N)CC1Oc1cc([N+](=O)[O-])c(C)cc1C. The van der Waals surface area contributed by atoms with E-state index in [-0.39, 0.29) is 28.2 Å². The van der Waals surface area contributed by atoms with Gasteiger partial charge in [-0.2, -0.15) is 0 Å². The van der Waals surface area contributed by atoms with Crippen molar-refractivity contribution < 1.29 is 9.66 Å². The second-order valence-corrected chi connectivity index (χ2v) is 6.05. The van der Waals surface area contributed by atoms with Crippen molar-refractivity contribution in [1.29, 1.82) is 0 Å². The maximum Gasteiger partial charge on any atom is 0.276 e. The predicted molar refractivity (Wildman–Crippen MR) is 82.6 cm³/mol. The van der Waals surface area contributed by atoms with Crippen LogP contribution in [0.5, 0.6) is 5.75 Å². The van der Waals surface area contributed by atoms with Gasteiger partial charge in [0.15, 0.2) is 0 Å². The first-order valence-corrected chi connectivity index (χ1v) is 7.53. The molecule has 5 nitrogen and oxygen atoms in total. The molecule has 21 heavy (non-hydrogen) atoms. The summed E-state index contributed by atoms with van der Waals surface area (Å²) in [6.07, 6.45) is 2.77. The predicted octanol–water partition coefficient (Wildman–Crippen LogP) is 3.50. The zero-order valence-corrected chi connectivity index (χ0v) is 13.2. The molecule has 0 radical (unpaired) electrons. The Balaban J connectivity index is 2.28. The van der Waals surface area contributed by atoms with Crippen LogP contribution in [0.2, 0.25) is 0 Å². The van der Waals surface area contributed by atoms with Crippen LogP contribution in [0.4, 0.5) is 5.69 Å². The highest BCUT2D eigenvalue weighted by Gasteiger charge is 2.52. The minimum atomic E-state index is -0.360. The highest BCUT2D eigenvalue weighted by Crippen LogP contribution is 2.48. The number of hydrogen-bond acceptors (Lipinski definition) is 4. The van der Waals surface area contributed by atoms with Gasteiger partial charge in [-0.25, -0.2) is 0 Å². The number of ether oxygens (including phenoxy) is 1. The second kappa shape index (κ2) is 5.64. The van der Waals surface area contributed by atoms with Gasteiger partial charge in [-0.15, -0.1) is 0 Å². The first-order valence-electron chi connectivity index (χ1n) is 7.53. The number of nitrogens with two attached hydrogens (primary N) is 1. The van der Waals surface area contributed by atoms with Crippen molar-refractivity contribution in [3.05, 3.63) is 33.4 Å². The van der Waals surface area contributed by atoms with Gasteiger partial charge in [0.1, 0.15) is 11.9 Å². The van der Waals surface area contributed by atoms with Crippen LogP contribution in [0.15, 0.2) is 12.1 Å². The summed E-state index contributed by atoms with van der Waals surface area (Å²) in [5, 5.41) is 11.1. The standard InChI is InChI=1S/C16H24N2O3/c1-5-16(6-2)14(17)9-15(16)21-13-8-12(18(19)20)10(3)7-11(13)4/h7-8,14-15H,5-6,9,17H2,1-4H3. The van der Waals surface area contributed by atoms with E-state index in [1.807, 2.05) is 13.0 Å². The minimum Gasteiger partial charge on any atom is -0.489 e. The molecule has 0 spiro atoms. The van der Waals surface area contributed by atoms with E-state index in [0.717, 1.165) is 24.8 Å². The Morgan fingerprint density at radius 1 is 1.33 bits per heavy atom. The Kier molecular flexibility index (Phi) is 4.23. The van der Waals surface area contributed by atoms with Crippen molar-refractivity contribution in [3.63, 3.8) is 0 Å². The molecule has 0 aliphatic heterocycles. The van der Waals surface area contributed by atoms with Gasteiger partial charge >= 0.3 is 0 Å². The van der Waals surface area contributed by atoms with E-state index in [2.05, 4.69) is 13.8 Å². The third-order valence-electron chi connectivity index (χ3n) is 5.12. The van der Waals surface area contributed by atoms with Gasteiger partial charge in [0, 0.05) is 23.4 Å². The fourth-order valence-corrected chi connectivity index (χ4v) is 3.47. The highest BCUT2D eigenvalue weighted by atomic mass is 16.6. The van der Waals surface area contributed by atoms with E-state index < -0.39 is 0 Å². The summed E-state index contributed by atoms with van der Waals surface area (Å²) in [4.78, 5) is 10.7. The van der Waals surface area contributed by atoms with Crippen molar-refractivity contribution in [2.75, 3.05) is 0 Å². The minimum absolute atomic E-state index is 0.00783. The quantitative estimate of drug-likeness (QED) is 0.665. The molecule has 1 fully saturated rings. The number of rotatable bonds is 5. The summed E-state index contributed by atoms with van der Waals surface area (Å²) in [5.74, 6) is 0.607. The van der Waals surface area contributed by atoms with Gasteiger partial charge in [0.2, 0.25) is 0 Å². The molecule has 1 aliphatic rings. The van der Waals surface area contributed by atoms with Crippen LogP contribution in [0.1, 0.15) is 44.2 Å². The van der Waals surface area contributed by atoms with E-state index in [1.54, 1.807) is 13.0 Å². The fourth-order valence-electron chi connectivity index (χ4n) is 3.47. The Labute approximate surface area is 125 Å². The monoisotopic (exact) mass is 292 g/mol. The Morgan fingerprint density at radius 2 is 1.95 bits per heavy atom. The molecule has 1 aliphatic carbocycles. The van der Waals surface area contributed by atoms with E-state index in [9.17, 15) is 10.1 Å². The van der Waals surface area contributed by atoms with Crippen molar-refractivity contribution >= 4 is 5.69 Å². The normalized spacial score (nSPS) is 23.5. The van der Waals surface area contributed by atoms with E-state index >= 15 is 0 Å². The molecular weight excluding hydrogens is 268 g/mol. The number of nitro benzene ring substituents is 1. The van der Waals surface area contributed by atoms with Crippen molar-refractivity contribution in [3.8, 4) is 5.75 Å². The molecule has 2 rings (SSSR count). The lowest BCUT2D eigenvalue weighted by atomic mass is 9.59. The number of nitro groups is 1. The second-order valence-electron chi connectivity index (χ2n) is 6.05. The molecule has 1 saturated carbocycles. The van der Waals surface area contributed by atoms with Crippen LogP contribution in [0.25, 0.3) is 0 Å². The summed E-state index contributed by atoms with van der Waals surface area (Å²) in [6.45, 7) is 7.92. The third kappa shape index (κ3) is 2.50. The van der Waals surface area contributed by atoms with Crippen LogP contribution in [-0.2, 0) is 0 Å². The summed E-state index contributed by atoms with van der Waals surface area (Å²) in [7, 11) is 0. The number of hydrogen-bond donors (Lipinski definition) is 1. The molecule has 0 bridgehead atoms. The molecule has 2 unspecified atom stereocenters. The first-order chi connectivity index (χ1) is 9.85. The number of nitrogens with zero attached hydrogens (tertiary/aromatic N) is 1. The molecule has 1 aromatic carbocycles. The zero-order chi connectivity index (χ0) is 15.8. The Bertz CT molecular complexity index is 553. The topological polar surface area (TPSA) is 78.4 Å². The smallest absolute Gasteiger partial charge is 0.276 e. The van der Waals surface area contributed by atoms with Gasteiger partial charge in [-0.1, -0.05) is 13.8 Å². The van der Waals surface area contributed by atoms with Crippen molar-refractivity contribution in [1.82, 2.24) is 0 Å². The lowest BCUT2D eigenvalue weighted by Gasteiger charge is -2.53. The first kappa shape index (κ1) is 15.8. The molecule has 2 atom stereocenters. The van der Waals surface area contributed by atoms with Gasteiger partial charge in [-0.3, -0.25) is 10.1 Å². The van der Waals surface area contributed by atoms with E-state index in [4.69, 9.17) is 10.5 Å². The molecule has 0 saturated heterocycles. The van der Waals surface area contributed by atoms with Gasteiger partial charge in [0.25, 0.3) is 5.69 Å². The van der Waals surface area contributed by atoms with Crippen LogP contribution in [0, 0.1) is 29.4 Å². The highest BCUT2D eigenvalue weighted by molar-refractivity contribution is 5.49. The molecule has 1 aromatic rings. The Morgan fingerprint density at radius 3 is 2.43 bits per heavy atom. The van der Waals surface area contributed by atoms with Gasteiger partial charge in [-0.05, 0) is 38.3 Å². The molecule has 116 valence electrons. The molecule has 2 N–H and O–H groups in total. The molecule has 0 heterocycles. The third-order valence-corrected chi connectivity index (χ3v) is 5.12. The van der Waals surface area contributed by atoms with Crippen LogP contribution >= 0.6 is 0 Å². The summed E-state index contributed by atoms with van der Waals surface area (Å²) >= 11 is 0. The molecule has 0 aromatic heterocycles.